The lowest BCUT2D eigenvalue weighted by atomic mass is 9.86. The van der Waals surface area contributed by atoms with Gasteiger partial charge in [-0.1, -0.05) is 52.8 Å². The Labute approximate surface area is 268 Å². The van der Waals surface area contributed by atoms with Crippen molar-refractivity contribution in [3.05, 3.63) is 59.2 Å². The molecule has 1 unspecified atom stereocenters. The van der Waals surface area contributed by atoms with Crippen molar-refractivity contribution >= 4 is 35.2 Å². The summed E-state index contributed by atoms with van der Waals surface area (Å²) < 4.78 is 70.5. The van der Waals surface area contributed by atoms with Gasteiger partial charge in [-0.15, -0.1) is 0 Å². The summed E-state index contributed by atoms with van der Waals surface area (Å²) >= 11 is 0. The van der Waals surface area contributed by atoms with E-state index in [1.54, 1.807) is 32.0 Å². The lowest BCUT2D eigenvalue weighted by Gasteiger charge is -2.32. The number of esters is 1. The van der Waals surface area contributed by atoms with E-state index >= 15 is 0 Å². The Hall–Kier alpha value is -4.53. The van der Waals surface area contributed by atoms with Gasteiger partial charge >= 0.3 is 17.8 Å². The molecule has 3 rings (SSSR count). The highest BCUT2D eigenvalue weighted by Crippen LogP contribution is 2.29. The van der Waals surface area contributed by atoms with Crippen LogP contribution < -0.4 is 15.4 Å². The molecule has 0 aliphatic carbocycles. The van der Waals surface area contributed by atoms with Crippen molar-refractivity contribution in [1.29, 1.82) is 0 Å². The lowest BCUT2D eigenvalue weighted by Crippen LogP contribution is -2.56. The van der Waals surface area contributed by atoms with Crippen molar-refractivity contribution < 1.29 is 55.7 Å². The number of halogens is 4. The Morgan fingerprint density at radius 1 is 1.02 bits per heavy atom. The summed E-state index contributed by atoms with van der Waals surface area (Å²) in [7, 11) is 0. The number of para-hydroxylation sites is 1. The van der Waals surface area contributed by atoms with E-state index in [4.69, 9.17) is 14.2 Å². The van der Waals surface area contributed by atoms with Gasteiger partial charge in [-0.25, -0.2) is 8.78 Å². The Bertz CT molecular complexity index is 1490. The fourth-order valence-corrected chi connectivity index (χ4v) is 4.47. The van der Waals surface area contributed by atoms with E-state index in [1.165, 1.54) is 0 Å². The maximum Gasteiger partial charge on any atom is 0.313 e. The van der Waals surface area contributed by atoms with E-state index < -0.39 is 90.2 Å². The van der Waals surface area contributed by atoms with Crippen LogP contribution >= 0.6 is 0 Å². The fraction of sp³-hybridized carbons (Fsp3) is 0.469. The van der Waals surface area contributed by atoms with Crippen LogP contribution in [0.2, 0.25) is 0 Å². The predicted molar refractivity (Wildman–Crippen MR) is 159 cm³/mol. The zero-order chi connectivity index (χ0) is 35.1. The Morgan fingerprint density at radius 3 is 2.28 bits per heavy atom. The number of ether oxygens (including phenoxy) is 3. The van der Waals surface area contributed by atoms with Crippen LogP contribution in [0.3, 0.4) is 0 Å². The number of morpholine rings is 1. The zero-order valence-corrected chi connectivity index (χ0v) is 26.6. The minimum Gasteiger partial charge on any atom is -0.479 e. The van der Waals surface area contributed by atoms with Crippen LogP contribution in [0.15, 0.2) is 30.3 Å². The van der Waals surface area contributed by atoms with Gasteiger partial charge in [-0.2, -0.15) is 8.78 Å². The van der Waals surface area contributed by atoms with Gasteiger partial charge in [0.05, 0.1) is 26.2 Å². The average molecular weight is 668 g/mol. The van der Waals surface area contributed by atoms with E-state index in [0.29, 0.717) is 5.69 Å². The molecule has 0 radical (unpaired) electrons. The van der Waals surface area contributed by atoms with Crippen LogP contribution in [0.5, 0.6) is 5.75 Å². The van der Waals surface area contributed by atoms with Crippen LogP contribution in [0.25, 0.3) is 0 Å². The molecule has 3 amide bonds. The van der Waals surface area contributed by atoms with Crippen LogP contribution in [0.1, 0.15) is 46.6 Å². The molecule has 2 aromatic rings. The first-order valence-corrected chi connectivity index (χ1v) is 14.7. The highest BCUT2D eigenvalue weighted by Gasteiger charge is 2.35. The summed E-state index contributed by atoms with van der Waals surface area (Å²) in [6, 6.07) is 5.24. The molecule has 0 bridgehead atoms. The summed E-state index contributed by atoms with van der Waals surface area (Å²) in [5.74, 6) is -13.8. The summed E-state index contributed by atoms with van der Waals surface area (Å²) in [6.07, 6.45) is -2.13. The molecule has 0 saturated carbocycles. The fourth-order valence-electron chi connectivity index (χ4n) is 4.47. The molecular formula is C32H37F4N3O8. The quantitative estimate of drug-likeness (QED) is 0.161. The summed E-state index contributed by atoms with van der Waals surface area (Å²) in [6.45, 7) is 7.53. The number of hydrogen-bond acceptors (Lipinski definition) is 8. The van der Waals surface area contributed by atoms with E-state index in [2.05, 4.69) is 10.6 Å². The van der Waals surface area contributed by atoms with Crippen molar-refractivity contribution in [2.24, 2.45) is 5.92 Å². The van der Waals surface area contributed by atoms with Gasteiger partial charge in [0.1, 0.15) is 12.6 Å². The zero-order valence-electron chi connectivity index (χ0n) is 26.6. The molecule has 1 heterocycles. The molecule has 0 spiro atoms. The van der Waals surface area contributed by atoms with Gasteiger partial charge in [0, 0.05) is 18.3 Å². The smallest absolute Gasteiger partial charge is 0.313 e. The normalized spacial score (nSPS) is 15.5. The first-order chi connectivity index (χ1) is 22.0. The lowest BCUT2D eigenvalue weighted by molar-refractivity contribution is -0.153. The van der Waals surface area contributed by atoms with E-state index in [0.717, 1.165) is 10.5 Å². The SMILES string of the molecule is CC(C)COC(=O)C[C@H](NC(=O)C1CN(C(=O)C(=O)Nc2ccccc2C(C)(C)C)CCO1)C(=O)COc1c(F)c(F)cc(F)c1F. The van der Waals surface area contributed by atoms with Gasteiger partial charge in [0.25, 0.3) is 5.91 Å². The molecule has 11 nitrogen and oxygen atoms in total. The molecule has 256 valence electrons. The third-order valence-corrected chi connectivity index (χ3v) is 6.91. The molecule has 2 aromatic carbocycles. The van der Waals surface area contributed by atoms with Gasteiger partial charge in [-0.3, -0.25) is 24.0 Å². The first-order valence-electron chi connectivity index (χ1n) is 14.7. The molecule has 47 heavy (non-hydrogen) atoms. The Balaban J connectivity index is 1.71. The molecule has 15 heteroatoms. The number of benzene rings is 2. The van der Waals surface area contributed by atoms with Crippen LogP contribution in [-0.2, 0) is 38.9 Å². The maximum atomic E-state index is 14.0. The van der Waals surface area contributed by atoms with E-state index in [1.807, 2.05) is 26.8 Å². The van der Waals surface area contributed by atoms with Crippen LogP contribution in [-0.4, -0.2) is 79.4 Å². The van der Waals surface area contributed by atoms with Crippen LogP contribution in [0, 0.1) is 29.2 Å². The molecule has 1 fully saturated rings. The van der Waals surface area contributed by atoms with E-state index in [9.17, 15) is 41.5 Å². The number of nitrogens with zero attached hydrogens (tertiary/aromatic N) is 1. The number of carbonyl (C=O) groups excluding carboxylic acids is 5. The van der Waals surface area contributed by atoms with Gasteiger partial charge in [-0.05, 0) is 23.0 Å². The number of rotatable bonds is 11. The number of ketones is 1. The third-order valence-electron chi connectivity index (χ3n) is 6.91. The molecule has 2 atom stereocenters. The number of nitrogens with one attached hydrogen (secondary N) is 2. The molecule has 0 aromatic heterocycles. The molecule has 1 saturated heterocycles. The highest BCUT2D eigenvalue weighted by molar-refractivity contribution is 6.39. The summed E-state index contributed by atoms with van der Waals surface area (Å²) in [4.78, 5) is 65.6. The Kier molecular flexibility index (Phi) is 12.5. The molecule has 1 aliphatic rings. The number of anilines is 1. The standard InChI is InChI=1S/C32H37F4N3O8/c1-17(2)15-46-25(41)13-22(23(40)16-47-28-26(35)19(33)12-20(34)27(28)36)38-29(42)24-14-39(10-11-45-24)31(44)30(43)37-21-9-7-6-8-18(21)32(3,4)5/h6-9,12,17,22,24H,10-11,13-16H2,1-5H3,(H,37,43)(H,38,42)/t22-,24?/m0/s1. The first kappa shape index (κ1) is 36.9. The second-order valence-corrected chi connectivity index (χ2v) is 12.3. The van der Waals surface area contributed by atoms with Gasteiger partial charge < -0.3 is 29.7 Å². The summed E-state index contributed by atoms with van der Waals surface area (Å²) in [5.41, 5.74) is 0.889. The van der Waals surface area contributed by atoms with Crippen LogP contribution in [0.4, 0.5) is 23.2 Å². The number of carbonyl (C=O) groups is 5. The topological polar surface area (TPSA) is 140 Å². The van der Waals surface area contributed by atoms with Gasteiger partial charge in [0.2, 0.25) is 11.6 Å². The molecule has 1 aliphatic heterocycles. The minimum absolute atomic E-state index is 0.0196. The van der Waals surface area contributed by atoms with Gasteiger partial charge in [0.15, 0.2) is 29.3 Å². The van der Waals surface area contributed by atoms with Crippen molar-refractivity contribution in [1.82, 2.24) is 10.2 Å². The van der Waals surface area contributed by atoms with Crippen molar-refractivity contribution in [2.45, 2.75) is 58.6 Å². The molecule has 2 N–H and O–H groups in total. The Morgan fingerprint density at radius 2 is 1.66 bits per heavy atom. The van der Waals surface area contributed by atoms with Crippen molar-refractivity contribution in [3.63, 3.8) is 0 Å². The molecular weight excluding hydrogens is 630 g/mol. The second-order valence-electron chi connectivity index (χ2n) is 12.3. The minimum atomic E-state index is -1.89. The number of amides is 3. The number of hydrogen-bond donors (Lipinski definition) is 2. The number of Topliss-reactive ketones (excluding diaryl/α,β-unsaturated/α-hetero) is 1. The third kappa shape index (κ3) is 9.98. The second kappa shape index (κ2) is 15.8. The predicted octanol–water partition coefficient (Wildman–Crippen LogP) is 3.43. The highest BCUT2D eigenvalue weighted by atomic mass is 19.2. The largest absolute Gasteiger partial charge is 0.479 e. The van der Waals surface area contributed by atoms with Crippen molar-refractivity contribution in [3.8, 4) is 5.75 Å². The van der Waals surface area contributed by atoms with E-state index in [-0.39, 0.29) is 37.2 Å². The van der Waals surface area contributed by atoms with Crippen molar-refractivity contribution in [2.75, 3.05) is 38.2 Å². The maximum absolute atomic E-state index is 14.0. The monoisotopic (exact) mass is 667 g/mol. The average Bonchev–Trinajstić information content (AvgIpc) is 3.01. The summed E-state index contributed by atoms with van der Waals surface area (Å²) in [5, 5.41) is 4.88.